The third-order valence-corrected chi connectivity index (χ3v) is 3.46. The molecule has 0 N–H and O–H groups in total. The summed E-state index contributed by atoms with van der Waals surface area (Å²) in [5.41, 5.74) is -0.938. The molecular weight excluding hydrogens is 285 g/mol. The first-order valence-electron chi connectivity index (χ1n) is 6.56. The second-order valence-electron chi connectivity index (χ2n) is 4.90. The average molecular weight is 300 g/mol. The third-order valence-electron chi connectivity index (χ3n) is 3.46. The number of carbonyl (C=O) groups is 2. The molecule has 1 aromatic rings. The van der Waals surface area contributed by atoms with Crippen LogP contribution in [-0.4, -0.2) is 29.4 Å². The maximum atomic E-state index is 12.7. The number of urea groups is 1. The van der Waals surface area contributed by atoms with Gasteiger partial charge >= 0.3 is 12.2 Å². The van der Waals surface area contributed by atoms with Gasteiger partial charge in [-0.1, -0.05) is 6.07 Å². The molecule has 0 spiro atoms. The minimum Gasteiger partial charge on any atom is -0.321 e. The number of rotatable bonds is 2. The molecule has 1 unspecified atom stereocenters. The van der Waals surface area contributed by atoms with Crippen LogP contribution in [0.4, 0.5) is 23.7 Å². The fourth-order valence-corrected chi connectivity index (χ4v) is 2.40. The second-order valence-corrected chi connectivity index (χ2v) is 4.90. The van der Waals surface area contributed by atoms with Gasteiger partial charge in [-0.3, -0.25) is 4.79 Å². The Morgan fingerprint density at radius 2 is 1.95 bits per heavy atom. The summed E-state index contributed by atoms with van der Waals surface area (Å²) in [5, 5.41) is 0. The first-order chi connectivity index (χ1) is 9.75. The molecule has 1 atom stereocenters. The Morgan fingerprint density at radius 1 is 1.29 bits per heavy atom. The molecule has 114 valence electrons. The maximum Gasteiger partial charge on any atom is 0.416 e. The summed E-state index contributed by atoms with van der Waals surface area (Å²) in [7, 11) is 0. The van der Waals surface area contributed by atoms with E-state index >= 15 is 0 Å². The van der Waals surface area contributed by atoms with Crippen LogP contribution in [0.2, 0.25) is 0 Å². The van der Waals surface area contributed by atoms with E-state index < -0.39 is 23.7 Å². The van der Waals surface area contributed by atoms with E-state index in [1.165, 1.54) is 17.0 Å². The predicted octanol–water partition coefficient (Wildman–Crippen LogP) is 3.27. The first kappa shape index (κ1) is 15.3. The first-order valence-corrected chi connectivity index (χ1v) is 6.56. The lowest BCUT2D eigenvalue weighted by molar-refractivity contribution is -0.137. The van der Waals surface area contributed by atoms with E-state index in [-0.39, 0.29) is 18.2 Å². The van der Waals surface area contributed by atoms with E-state index in [9.17, 15) is 22.8 Å². The Bertz CT molecular complexity index is 572. The smallest absolute Gasteiger partial charge is 0.321 e. The van der Waals surface area contributed by atoms with E-state index in [0.717, 1.165) is 17.0 Å². The minimum absolute atomic E-state index is 0.0508. The number of alkyl halides is 3. The van der Waals surface area contributed by atoms with E-state index in [1.807, 2.05) is 0 Å². The van der Waals surface area contributed by atoms with Crippen molar-refractivity contribution >= 4 is 17.6 Å². The van der Waals surface area contributed by atoms with Crippen LogP contribution in [-0.2, 0) is 11.0 Å². The highest BCUT2D eigenvalue weighted by atomic mass is 19.4. The molecular formula is C14H15F3N2O2. The molecule has 2 rings (SSSR count). The molecule has 1 aliphatic rings. The molecule has 7 heteroatoms. The van der Waals surface area contributed by atoms with Crippen molar-refractivity contribution in [3.05, 3.63) is 29.8 Å². The van der Waals surface area contributed by atoms with Gasteiger partial charge in [0.15, 0.2) is 0 Å². The van der Waals surface area contributed by atoms with Gasteiger partial charge in [-0.2, -0.15) is 13.2 Å². The van der Waals surface area contributed by atoms with Crippen LogP contribution >= 0.6 is 0 Å². The Hall–Kier alpha value is -2.05. The molecule has 0 bridgehead atoms. The summed E-state index contributed by atoms with van der Waals surface area (Å²) in [4.78, 5) is 26.6. The zero-order valence-corrected chi connectivity index (χ0v) is 11.6. The summed E-state index contributed by atoms with van der Waals surface area (Å²) >= 11 is 0. The van der Waals surface area contributed by atoms with Gasteiger partial charge in [0.05, 0.1) is 11.3 Å². The van der Waals surface area contributed by atoms with Crippen molar-refractivity contribution in [2.45, 2.75) is 32.5 Å². The molecule has 1 fully saturated rings. The zero-order chi connectivity index (χ0) is 15.8. The van der Waals surface area contributed by atoms with Crippen LogP contribution in [0.25, 0.3) is 0 Å². The standard InChI is InChI=1S/C14H15F3N2O2/c1-3-18-9(2)7-12(20)19(13(18)21)11-6-4-5-10(8-11)14(15,16)17/h4-6,8-9H,3,7H2,1-2H3. The van der Waals surface area contributed by atoms with Crippen LogP contribution in [0, 0.1) is 0 Å². The number of imide groups is 1. The number of hydrogen-bond donors (Lipinski definition) is 0. The van der Waals surface area contributed by atoms with Gasteiger partial charge in [-0.05, 0) is 32.0 Å². The molecule has 1 aliphatic heterocycles. The highest BCUT2D eigenvalue weighted by Gasteiger charge is 2.38. The molecule has 0 saturated carbocycles. The minimum atomic E-state index is -4.52. The molecule has 0 aromatic heterocycles. The van der Waals surface area contributed by atoms with Gasteiger partial charge in [0.1, 0.15) is 0 Å². The SMILES string of the molecule is CCN1C(=O)N(c2cccc(C(F)(F)F)c2)C(=O)CC1C. The number of nitrogens with zero attached hydrogens (tertiary/aromatic N) is 2. The van der Waals surface area contributed by atoms with Crippen molar-refractivity contribution in [3.63, 3.8) is 0 Å². The van der Waals surface area contributed by atoms with E-state index in [4.69, 9.17) is 0 Å². The Kier molecular flexibility index (Phi) is 3.93. The quantitative estimate of drug-likeness (QED) is 0.841. The van der Waals surface area contributed by atoms with Crippen molar-refractivity contribution in [2.75, 3.05) is 11.4 Å². The molecule has 1 saturated heterocycles. The number of anilines is 1. The maximum absolute atomic E-state index is 12.7. The summed E-state index contributed by atoms with van der Waals surface area (Å²) in [6.45, 7) is 3.89. The molecule has 3 amide bonds. The van der Waals surface area contributed by atoms with Gasteiger partial charge in [0.2, 0.25) is 5.91 Å². The summed E-state index contributed by atoms with van der Waals surface area (Å²) in [5.74, 6) is -0.489. The lowest BCUT2D eigenvalue weighted by atomic mass is 10.1. The normalized spacial score (nSPS) is 20.1. The Morgan fingerprint density at radius 3 is 2.52 bits per heavy atom. The van der Waals surface area contributed by atoms with Crippen molar-refractivity contribution in [1.82, 2.24) is 4.90 Å². The lowest BCUT2D eigenvalue weighted by Crippen LogP contribution is -2.56. The number of hydrogen-bond acceptors (Lipinski definition) is 2. The fourth-order valence-electron chi connectivity index (χ4n) is 2.40. The predicted molar refractivity (Wildman–Crippen MR) is 70.8 cm³/mol. The van der Waals surface area contributed by atoms with Gasteiger partial charge in [-0.15, -0.1) is 0 Å². The third kappa shape index (κ3) is 2.86. The molecule has 1 aromatic carbocycles. The lowest BCUT2D eigenvalue weighted by Gasteiger charge is -2.38. The zero-order valence-electron chi connectivity index (χ0n) is 11.6. The monoisotopic (exact) mass is 300 g/mol. The van der Waals surface area contributed by atoms with Gasteiger partial charge in [-0.25, -0.2) is 9.69 Å². The van der Waals surface area contributed by atoms with E-state index in [0.29, 0.717) is 6.54 Å². The largest absolute Gasteiger partial charge is 0.416 e. The van der Waals surface area contributed by atoms with Gasteiger partial charge < -0.3 is 4.90 Å². The van der Waals surface area contributed by atoms with Gasteiger partial charge in [0, 0.05) is 19.0 Å². The van der Waals surface area contributed by atoms with Crippen molar-refractivity contribution in [2.24, 2.45) is 0 Å². The van der Waals surface area contributed by atoms with E-state index in [1.54, 1.807) is 13.8 Å². The molecule has 4 nitrogen and oxygen atoms in total. The van der Waals surface area contributed by atoms with Crippen LogP contribution in [0.5, 0.6) is 0 Å². The van der Waals surface area contributed by atoms with Crippen molar-refractivity contribution in [3.8, 4) is 0 Å². The van der Waals surface area contributed by atoms with Crippen LogP contribution < -0.4 is 4.90 Å². The number of benzene rings is 1. The summed E-state index contributed by atoms with van der Waals surface area (Å²) in [6, 6.07) is 3.40. The molecule has 0 radical (unpaired) electrons. The van der Waals surface area contributed by atoms with E-state index in [2.05, 4.69) is 0 Å². The average Bonchev–Trinajstić information content (AvgIpc) is 2.38. The van der Waals surface area contributed by atoms with Gasteiger partial charge in [0.25, 0.3) is 0 Å². The number of halogens is 3. The Balaban J connectivity index is 2.40. The molecule has 21 heavy (non-hydrogen) atoms. The fraction of sp³-hybridized carbons (Fsp3) is 0.429. The second kappa shape index (κ2) is 5.38. The Labute approximate surface area is 120 Å². The summed E-state index contributed by atoms with van der Waals surface area (Å²) in [6.07, 6.45) is -4.43. The topological polar surface area (TPSA) is 40.6 Å². The van der Waals surface area contributed by atoms with Crippen molar-refractivity contribution in [1.29, 1.82) is 0 Å². The highest BCUT2D eigenvalue weighted by molar-refractivity contribution is 6.16. The molecule has 1 heterocycles. The van der Waals surface area contributed by atoms with Crippen LogP contribution in [0.15, 0.2) is 24.3 Å². The number of amides is 3. The van der Waals surface area contributed by atoms with Crippen LogP contribution in [0.3, 0.4) is 0 Å². The number of carbonyl (C=O) groups excluding carboxylic acids is 2. The van der Waals surface area contributed by atoms with Crippen molar-refractivity contribution < 1.29 is 22.8 Å². The highest BCUT2D eigenvalue weighted by Crippen LogP contribution is 2.33. The molecule has 0 aliphatic carbocycles. The van der Waals surface area contributed by atoms with Crippen LogP contribution in [0.1, 0.15) is 25.8 Å². The summed E-state index contributed by atoms with van der Waals surface area (Å²) < 4.78 is 38.2.